The summed E-state index contributed by atoms with van der Waals surface area (Å²) in [6, 6.07) is 3.15. The van der Waals surface area contributed by atoms with Crippen LogP contribution in [-0.4, -0.2) is 18.3 Å². The lowest BCUT2D eigenvalue weighted by Crippen LogP contribution is -2.07. The molecule has 0 saturated carbocycles. The molecule has 2 nitrogen and oxygen atoms in total. The van der Waals surface area contributed by atoms with Crippen LogP contribution in [0.15, 0.2) is 12.1 Å². The third kappa shape index (κ3) is 2.93. The van der Waals surface area contributed by atoms with Gasteiger partial charge in [0.05, 0.1) is 13.2 Å². The van der Waals surface area contributed by atoms with E-state index in [-0.39, 0.29) is 5.82 Å². The van der Waals surface area contributed by atoms with Crippen molar-refractivity contribution in [3.63, 3.8) is 0 Å². The summed E-state index contributed by atoms with van der Waals surface area (Å²) in [6.45, 7) is 3.60. The molecule has 1 atom stereocenters. The second-order valence-corrected chi connectivity index (χ2v) is 3.66. The minimum absolute atomic E-state index is 0.247. The van der Waals surface area contributed by atoms with Crippen molar-refractivity contribution in [1.82, 2.24) is 0 Å². The quantitative estimate of drug-likeness (QED) is 0.830. The molecule has 1 rings (SSSR count). The summed E-state index contributed by atoms with van der Waals surface area (Å²) in [5.41, 5.74) is 1.51. The molecular formula is C12H17FO2. The van der Waals surface area contributed by atoms with E-state index in [1.54, 1.807) is 13.0 Å². The molecule has 1 aromatic rings. The second kappa shape index (κ2) is 5.12. The zero-order valence-electron chi connectivity index (χ0n) is 9.38. The van der Waals surface area contributed by atoms with Crippen LogP contribution in [0.3, 0.4) is 0 Å². The molecule has 0 aliphatic rings. The molecule has 1 aromatic carbocycles. The topological polar surface area (TPSA) is 29.5 Å². The van der Waals surface area contributed by atoms with Crippen molar-refractivity contribution in [2.24, 2.45) is 0 Å². The highest BCUT2D eigenvalue weighted by atomic mass is 19.1. The van der Waals surface area contributed by atoms with Crippen molar-refractivity contribution in [2.45, 2.75) is 32.8 Å². The maximum Gasteiger partial charge on any atom is 0.130 e. The fraction of sp³-hybridized carbons (Fsp3) is 0.500. The Balaban J connectivity index is 3.10. The molecule has 0 aliphatic heterocycles. The lowest BCUT2D eigenvalue weighted by Gasteiger charge is -2.12. The van der Waals surface area contributed by atoms with Gasteiger partial charge in [-0.2, -0.15) is 0 Å². The Morgan fingerprint density at radius 1 is 1.40 bits per heavy atom. The van der Waals surface area contributed by atoms with E-state index in [2.05, 4.69) is 0 Å². The van der Waals surface area contributed by atoms with Gasteiger partial charge in [-0.3, -0.25) is 0 Å². The van der Waals surface area contributed by atoms with E-state index in [9.17, 15) is 9.50 Å². The smallest absolute Gasteiger partial charge is 0.130 e. The monoisotopic (exact) mass is 212 g/mol. The number of ether oxygens (including phenoxy) is 1. The van der Waals surface area contributed by atoms with Crippen LogP contribution in [0.5, 0.6) is 5.75 Å². The molecule has 0 bridgehead atoms. The van der Waals surface area contributed by atoms with Gasteiger partial charge in [0, 0.05) is 12.5 Å². The summed E-state index contributed by atoms with van der Waals surface area (Å²) in [6.07, 6.45) is 0.674. The van der Waals surface area contributed by atoms with E-state index in [1.807, 2.05) is 6.92 Å². The Labute approximate surface area is 89.7 Å². The van der Waals surface area contributed by atoms with Crippen LogP contribution in [-0.2, 0) is 12.8 Å². The zero-order valence-corrected chi connectivity index (χ0v) is 9.38. The van der Waals surface area contributed by atoms with Crippen molar-refractivity contribution < 1.29 is 14.2 Å². The van der Waals surface area contributed by atoms with Crippen molar-refractivity contribution >= 4 is 0 Å². The minimum atomic E-state index is -0.450. The maximum atomic E-state index is 13.4. The Bertz CT molecular complexity index is 335. The summed E-state index contributed by atoms with van der Waals surface area (Å²) in [5, 5.41) is 9.31. The molecule has 1 unspecified atom stereocenters. The van der Waals surface area contributed by atoms with Crippen LogP contribution in [0, 0.1) is 5.82 Å². The van der Waals surface area contributed by atoms with Crippen molar-refractivity contribution in [2.75, 3.05) is 7.11 Å². The second-order valence-electron chi connectivity index (χ2n) is 3.66. The Morgan fingerprint density at radius 3 is 2.53 bits per heavy atom. The van der Waals surface area contributed by atoms with E-state index >= 15 is 0 Å². The number of benzene rings is 1. The average Bonchev–Trinajstić information content (AvgIpc) is 2.19. The fourth-order valence-electron chi connectivity index (χ4n) is 1.59. The summed E-state index contributed by atoms with van der Waals surface area (Å²) in [7, 11) is 1.51. The van der Waals surface area contributed by atoms with E-state index in [1.165, 1.54) is 13.2 Å². The average molecular weight is 212 g/mol. The number of aliphatic hydroxyl groups excluding tert-OH is 1. The SMILES string of the molecule is CCc1cc(CC(C)O)c(OC)cc1F. The van der Waals surface area contributed by atoms with Gasteiger partial charge in [-0.1, -0.05) is 6.92 Å². The summed E-state index contributed by atoms with van der Waals surface area (Å²) in [4.78, 5) is 0. The molecule has 0 heterocycles. The lowest BCUT2D eigenvalue weighted by molar-refractivity contribution is 0.194. The predicted molar refractivity (Wildman–Crippen MR) is 57.7 cm³/mol. The van der Waals surface area contributed by atoms with Crippen LogP contribution in [0.2, 0.25) is 0 Å². The van der Waals surface area contributed by atoms with Crippen molar-refractivity contribution in [1.29, 1.82) is 0 Å². The number of aliphatic hydroxyl groups is 1. The van der Waals surface area contributed by atoms with E-state index in [0.717, 1.165) is 5.56 Å². The molecule has 0 aromatic heterocycles. The van der Waals surface area contributed by atoms with Crippen LogP contribution in [0.4, 0.5) is 4.39 Å². The molecule has 0 fully saturated rings. The lowest BCUT2D eigenvalue weighted by atomic mass is 10.0. The van der Waals surface area contributed by atoms with Crippen LogP contribution >= 0.6 is 0 Å². The molecule has 3 heteroatoms. The first-order chi connectivity index (χ1) is 7.08. The molecule has 84 valence electrons. The number of rotatable bonds is 4. The molecule has 0 saturated heterocycles. The van der Waals surface area contributed by atoms with Crippen LogP contribution in [0.1, 0.15) is 25.0 Å². The van der Waals surface area contributed by atoms with Gasteiger partial charge in [0.2, 0.25) is 0 Å². The number of hydrogen-bond acceptors (Lipinski definition) is 2. The fourth-order valence-corrected chi connectivity index (χ4v) is 1.59. The van der Waals surface area contributed by atoms with E-state index in [4.69, 9.17) is 4.74 Å². The predicted octanol–water partition coefficient (Wildman–Crippen LogP) is 2.32. The van der Waals surface area contributed by atoms with Crippen LogP contribution < -0.4 is 4.74 Å². The molecule has 0 aliphatic carbocycles. The first-order valence-corrected chi connectivity index (χ1v) is 5.11. The summed E-state index contributed by atoms with van der Waals surface area (Å²) < 4.78 is 18.5. The third-order valence-corrected chi connectivity index (χ3v) is 2.35. The van der Waals surface area contributed by atoms with Crippen molar-refractivity contribution in [3.05, 3.63) is 29.1 Å². The maximum absolute atomic E-state index is 13.4. The zero-order chi connectivity index (χ0) is 11.4. The molecular weight excluding hydrogens is 195 g/mol. The van der Waals surface area contributed by atoms with Gasteiger partial charge in [0.1, 0.15) is 11.6 Å². The number of hydrogen-bond donors (Lipinski definition) is 1. The Kier molecular flexibility index (Phi) is 4.09. The summed E-state index contributed by atoms with van der Waals surface area (Å²) in [5.74, 6) is 0.259. The van der Waals surface area contributed by atoms with Gasteiger partial charge in [-0.25, -0.2) is 4.39 Å². The first kappa shape index (κ1) is 12.0. The largest absolute Gasteiger partial charge is 0.496 e. The Morgan fingerprint density at radius 2 is 2.07 bits per heavy atom. The van der Waals surface area contributed by atoms with Gasteiger partial charge in [0.15, 0.2) is 0 Å². The summed E-state index contributed by atoms with van der Waals surface area (Å²) >= 11 is 0. The normalized spacial score (nSPS) is 12.6. The van der Waals surface area contributed by atoms with Gasteiger partial charge < -0.3 is 9.84 Å². The van der Waals surface area contributed by atoms with Crippen LogP contribution in [0.25, 0.3) is 0 Å². The van der Waals surface area contributed by atoms with Gasteiger partial charge in [0.25, 0.3) is 0 Å². The molecule has 0 spiro atoms. The van der Waals surface area contributed by atoms with Crippen molar-refractivity contribution in [3.8, 4) is 5.75 Å². The minimum Gasteiger partial charge on any atom is -0.496 e. The number of aryl methyl sites for hydroxylation is 1. The molecule has 0 radical (unpaired) electrons. The standard InChI is InChI=1S/C12H17FO2/c1-4-9-6-10(5-8(2)14)12(15-3)7-11(9)13/h6-8,14H,4-5H2,1-3H3. The molecule has 0 amide bonds. The molecule has 15 heavy (non-hydrogen) atoms. The molecule has 1 N–H and O–H groups in total. The number of methoxy groups -OCH3 is 1. The first-order valence-electron chi connectivity index (χ1n) is 5.11. The van der Waals surface area contributed by atoms with E-state index < -0.39 is 6.10 Å². The third-order valence-electron chi connectivity index (χ3n) is 2.35. The highest BCUT2D eigenvalue weighted by molar-refractivity contribution is 5.38. The highest BCUT2D eigenvalue weighted by Crippen LogP contribution is 2.24. The highest BCUT2D eigenvalue weighted by Gasteiger charge is 2.11. The number of halogens is 1. The Hall–Kier alpha value is -1.09. The van der Waals surface area contributed by atoms with E-state index in [0.29, 0.717) is 24.2 Å². The van der Waals surface area contributed by atoms with Gasteiger partial charge in [-0.05, 0) is 30.5 Å². The van der Waals surface area contributed by atoms with Gasteiger partial charge in [-0.15, -0.1) is 0 Å². The van der Waals surface area contributed by atoms with Gasteiger partial charge >= 0.3 is 0 Å².